The maximum absolute atomic E-state index is 11.4. The van der Waals surface area contributed by atoms with Crippen molar-refractivity contribution in [3.8, 4) is 0 Å². The van der Waals surface area contributed by atoms with E-state index in [1.165, 1.54) is 24.8 Å². The van der Waals surface area contributed by atoms with Gasteiger partial charge in [0.2, 0.25) is 0 Å². The van der Waals surface area contributed by atoms with Gasteiger partial charge in [-0.1, -0.05) is 36.8 Å². The van der Waals surface area contributed by atoms with Crippen LogP contribution in [0.25, 0.3) is 0 Å². The summed E-state index contributed by atoms with van der Waals surface area (Å²) in [4.78, 5) is 13.8. The van der Waals surface area contributed by atoms with Gasteiger partial charge in [-0.15, -0.1) is 0 Å². The van der Waals surface area contributed by atoms with Gasteiger partial charge in [0.25, 0.3) is 0 Å². The third-order valence-corrected chi connectivity index (χ3v) is 5.05. The minimum Gasteiger partial charge on any atom is -0.481 e. The fourth-order valence-corrected chi connectivity index (χ4v) is 3.56. The minimum absolute atomic E-state index is 0.234. The predicted octanol–water partition coefficient (Wildman–Crippen LogP) is 2.35. The molecule has 0 bridgehead atoms. The molecule has 1 saturated carbocycles. The smallest absolute Gasteiger partial charge is 0.307 e. The molecule has 1 aliphatic heterocycles. The number of hydrogen-bond acceptors (Lipinski definition) is 3. The summed E-state index contributed by atoms with van der Waals surface area (Å²) in [5.74, 6) is -0.0887. The van der Waals surface area contributed by atoms with Crippen molar-refractivity contribution in [2.45, 2.75) is 38.3 Å². The quantitative estimate of drug-likeness (QED) is 0.847. The second-order valence-corrected chi connectivity index (χ2v) is 6.85. The molecule has 3 rings (SSSR count). The van der Waals surface area contributed by atoms with Crippen LogP contribution in [0.3, 0.4) is 0 Å². The maximum Gasteiger partial charge on any atom is 0.307 e. The van der Waals surface area contributed by atoms with E-state index in [0.29, 0.717) is 0 Å². The van der Waals surface area contributed by atoms with Crippen molar-refractivity contribution in [1.29, 1.82) is 0 Å². The van der Waals surface area contributed by atoms with Gasteiger partial charge in [-0.2, -0.15) is 0 Å². The molecule has 1 aromatic rings. The average molecular weight is 302 g/mol. The Morgan fingerprint density at radius 1 is 1.23 bits per heavy atom. The van der Waals surface area contributed by atoms with Crippen molar-refractivity contribution in [2.24, 2.45) is 11.8 Å². The number of carbonyl (C=O) groups is 1. The van der Waals surface area contributed by atoms with Crippen LogP contribution in [0.15, 0.2) is 30.3 Å². The van der Waals surface area contributed by atoms with E-state index in [1.54, 1.807) is 0 Å². The van der Waals surface area contributed by atoms with E-state index in [1.807, 2.05) is 18.2 Å². The molecule has 2 unspecified atom stereocenters. The van der Waals surface area contributed by atoms with Crippen molar-refractivity contribution < 1.29 is 9.90 Å². The SMILES string of the molecule is O=C(O)C1CC(NCc2ccccc2)CN(CC2CCC2)C1. The second kappa shape index (κ2) is 7.25. The molecule has 1 saturated heterocycles. The topological polar surface area (TPSA) is 52.6 Å². The van der Waals surface area contributed by atoms with Crippen LogP contribution in [0.2, 0.25) is 0 Å². The third-order valence-electron chi connectivity index (χ3n) is 5.05. The van der Waals surface area contributed by atoms with Gasteiger partial charge >= 0.3 is 5.97 Å². The molecule has 120 valence electrons. The molecule has 1 aromatic carbocycles. The van der Waals surface area contributed by atoms with Crippen LogP contribution in [0.1, 0.15) is 31.2 Å². The lowest BCUT2D eigenvalue weighted by Crippen LogP contribution is -2.52. The van der Waals surface area contributed by atoms with Crippen molar-refractivity contribution in [3.63, 3.8) is 0 Å². The molecule has 2 aliphatic rings. The lowest BCUT2D eigenvalue weighted by Gasteiger charge is -2.40. The zero-order valence-corrected chi connectivity index (χ0v) is 13.1. The van der Waals surface area contributed by atoms with E-state index in [2.05, 4.69) is 22.3 Å². The number of carboxylic acid groups (broad SMARTS) is 1. The molecule has 1 aliphatic carbocycles. The molecule has 1 heterocycles. The van der Waals surface area contributed by atoms with Crippen molar-refractivity contribution in [1.82, 2.24) is 10.2 Å². The van der Waals surface area contributed by atoms with Gasteiger partial charge in [-0.25, -0.2) is 0 Å². The average Bonchev–Trinajstić information content (AvgIpc) is 2.50. The Bertz CT molecular complexity index is 487. The molecule has 4 nitrogen and oxygen atoms in total. The monoisotopic (exact) mass is 302 g/mol. The van der Waals surface area contributed by atoms with Gasteiger partial charge in [0.05, 0.1) is 5.92 Å². The number of carboxylic acids is 1. The predicted molar refractivity (Wildman–Crippen MR) is 86.6 cm³/mol. The second-order valence-electron chi connectivity index (χ2n) is 6.85. The first-order valence-electron chi connectivity index (χ1n) is 8.43. The summed E-state index contributed by atoms with van der Waals surface area (Å²) in [6, 6.07) is 10.6. The maximum atomic E-state index is 11.4. The number of aliphatic carboxylic acids is 1. The van der Waals surface area contributed by atoms with Gasteiger partial charge < -0.3 is 15.3 Å². The lowest BCUT2D eigenvalue weighted by atomic mass is 9.84. The summed E-state index contributed by atoms with van der Waals surface area (Å²) in [6.45, 7) is 3.59. The number of piperidine rings is 1. The highest BCUT2D eigenvalue weighted by atomic mass is 16.4. The van der Waals surface area contributed by atoms with Crippen LogP contribution < -0.4 is 5.32 Å². The van der Waals surface area contributed by atoms with Gasteiger partial charge in [0.15, 0.2) is 0 Å². The summed E-state index contributed by atoms with van der Waals surface area (Å²) in [7, 11) is 0. The van der Waals surface area contributed by atoms with Gasteiger partial charge in [0.1, 0.15) is 0 Å². The van der Waals surface area contributed by atoms with Crippen molar-refractivity contribution in [3.05, 3.63) is 35.9 Å². The molecule has 0 aromatic heterocycles. The van der Waals surface area contributed by atoms with Gasteiger partial charge in [0, 0.05) is 32.2 Å². The summed E-state index contributed by atoms with van der Waals surface area (Å²) in [5, 5.41) is 13.0. The van der Waals surface area contributed by atoms with Crippen LogP contribution in [-0.4, -0.2) is 41.7 Å². The highest BCUT2D eigenvalue weighted by molar-refractivity contribution is 5.70. The zero-order chi connectivity index (χ0) is 15.4. The standard InChI is InChI=1S/C18H26N2O2/c21-18(22)16-9-17(19-10-14-5-2-1-3-6-14)13-20(12-16)11-15-7-4-8-15/h1-3,5-6,15-17,19H,4,7-13H2,(H,21,22). The molecular weight excluding hydrogens is 276 g/mol. The summed E-state index contributed by atoms with van der Waals surface area (Å²) in [5.41, 5.74) is 1.26. The van der Waals surface area contributed by atoms with Crippen molar-refractivity contribution in [2.75, 3.05) is 19.6 Å². The normalized spacial score (nSPS) is 26.5. The van der Waals surface area contributed by atoms with E-state index in [4.69, 9.17) is 0 Å². The van der Waals surface area contributed by atoms with E-state index >= 15 is 0 Å². The molecule has 2 fully saturated rings. The van der Waals surface area contributed by atoms with Gasteiger partial charge in [-0.05, 0) is 30.7 Å². The first kappa shape index (κ1) is 15.5. The fourth-order valence-electron chi connectivity index (χ4n) is 3.56. The number of rotatable bonds is 6. The molecule has 2 atom stereocenters. The fraction of sp³-hybridized carbons (Fsp3) is 0.611. The first-order valence-corrected chi connectivity index (χ1v) is 8.43. The number of nitrogens with zero attached hydrogens (tertiary/aromatic N) is 1. The number of hydrogen-bond donors (Lipinski definition) is 2. The lowest BCUT2D eigenvalue weighted by molar-refractivity contribution is -0.144. The Balaban J connectivity index is 1.55. The highest BCUT2D eigenvalue weighted by Crippen LogP contribution is 2.29. The summed E-state index contributed by atoms with van der Waals surface area (Å²) in [6.07, 6.45) is 4.71. The molecule has 2 N–H and O–H groups in total. The first-order chi connectivity index (χ1) is 10.7. The van der Waals surface area contributed by atoms with E-state index in [-0.39, 0.29) is 12.0 Å². The van der Waals surface area contributed by atoms with Crippen LogP contribution in [0.4, 0.5) is 0 Å². The Labute approximate surface area is 132 Å². The van der Waals surface area contributed by atoms with Gasteiger partial charge in [-0.3, -0.25) is 4.79 Å². The Morgan fingerprint density at radius 3 is 2.64 bits per heavy atom. The minimum atomic E-state index is -0.648. The Kier molecular flexibility index (Phi) is 5.11. The van der Waals surface area contributed by atoms with Crippen molar-refractivity contribution >= 4 is 5.97 Å². The Morgan fingerprint density at radius 2 is 2.00 bits per heavy atom. The summed E-state index contributed by atoms with van der Waals surface area (Å²) >= 11 is 0. The largest absolute Gasteiger partial charge is 0.481 e. The molecule has 0 spiro atoms. The van der Waals surface area contributed by atoms with Crippen LogP contribution in [-0.2, 0) is 11.3 Å². The molecule has 0 amide bonds. The number of nitrogens with one attached hydrogen (secondary N) is 1. The molecule has 4 heteroatoms. The van der Waals surface area contributed by atoms with Crippen LogP contribution in [0.5, 0.6) is 0 Å². The van der Waals surface area contributed by atoms with E-state index in [9.17, 15) is 9.90 Å². The van der Waals surface area contributed by atoms with E-state index < -0.39 is 5.97 Å². The highest BCUT2D eigenvalue weighted by Gasteiger charge is 2.33. The van der Waals surface area contributed by atoms with Crippen LogP contribution >= 0.6 is 0 Å². The summed E-state index contributed by atoms with van der Waals surface area (Å²) < 4.78 is 0. The van der Waals surface area contributed by atoms with E-state index in [0.717, 1.165) is 38.5 Å². The van der Waals surface area contributed by atoms with Crippen LogP contribution in [0, 0.1) is 11.8 Å². The molecule has 22 heavy (non-hydrogen) atoms. The number of benzene rings is 1. The number of likely N-dealkylation sites (tertiary alicyclic amines) is 1. The third kappa shape index (κ3) is 4.08. The Hall–Kier alpha value is -1.39. The zero-order valence-electron chi connectivity index (χ0n) is 13.1. The molecule has 0 radical (unpaired) electrons. The molecular formula is C18H26N2O2.